The SMILES string of the molecule is O=C(OC1CCCc2ccccc21)c1cc(Cl)nnc1Cl. The predicted octanol–water partition coefficient (Wildman–Crippen LogP) is 4.02. The number of aryl methyl sites for hydroxylation is 1. The van der Waals surface area contributed by atoms with Gasteiger partial charge in [-0.05, 0) is 36.5 Å². The van der Waals surface area contributed by atoms with Crippen molar-refractivity contribution in [3.05, 3.63) is 57.3 Å². The van der Waals surface area contributed by atoms with Gasteiger partial charge in [0.15, 0.2) is 10.3 Å². The summed E-state index contributed by atoms with van der Waals surface area (Å²) in [5, 5.41) is 7.30. The van der Waals surface area contributed by atoms with E-state index in [1.165, 1.54) is 11.6 Å². The first-order chi connectivity index (χ1) is 10.1. The van der Waals surface area contributed by atoms with Crippen LogP contribution in [-0.2, 0) is 11.2 Å². The summed E-state index contributed by atoms with van der Waals surface area (Å²) in [5.41, 5.74) is 2.42. The fourth-order valence-corrected chi connectivity index (χ4v) is 2.84. The molecule has 6 heteroatoms. The Hall–Kier alpha value is -1.65. The van der Waals surface area contributed by atoms with E-state index in [4.69, 9.17) is 27.9 Å². The molecule has 0 bridgehead atoms. The van der Waals surface area contributed by atoms with Gasteiger partial charge in [0, 0.05) is 0 Å². The topological polar surface area (TPSA) is 52.1 Å². The maximum absolute atomic E-state index is 12.3. The van der Waals surface area contributed by atoms with E-state index in [-0.39, 0.29) is 22.0 Å². The van der Waals surface area contributed by atoms with Crippen LogP contribution in [0, 0.1) is 0 Å². The van der Waals surface area contributed by atoms with Crippen molar-refractivity contribution >= 4 is 29.2 Å². The molecule has 0 amide bonds. The normalized spacial score (nSPS) is 17.1. The quantitative estimate of drug-likeness (QED) is 0.783. The Morgan fingerprint density at radius 2 is 2.05 bits per heavy atom. The molecule has 1 unspecified atom stereocenters. The van der Waals surface area contributed by atoms with E-state index in [1.54, 1.807) is 0 Å². The number of hydrogen-bond donors (Lipinski definition) is 0. The van der Waals surface area contributed by atoms with Gasteiger partial charge < -0.3 is 4.74 Å². The van der Waals surface area contributed by atoms with Gasteiger partial charge in [-0.1, -0.05) is 47.5 Å². The molecule has 1 heterocycles. The number of benzene rings is 1. The summed E-state index contributed by atoms with van der Waals surface area (Å²) in [6.45, 7) is 0. The zero-order valence-corrected chi connectivity index (χ0v) is 12.6. The van der Waals surface area contributed by atoms with Crippen molar-refractivity contribution < 1.29 is 9.53 Å². The van der Waals surface area contributed by atoms with Crippen molar-refractivity contribution in [1.29, 1.82) is 0 Å². The van der Waals surface area contributed by atoms with Crippen LogP contribution in [0.1, 0.15) is 40.4 Å². The molecule has 1 aromatic carbocycles. The van der Waals surface area contributed by atoms with E-state index in [0.717, 1.165) is 24.8 Å². The first kappa shape index (κ1) is 14.3. The highest BCUT2D eigenvalue weighted by Crippen LogP contribution is 2.33. The average Bonchev–Trinajstić information content (AvgIpc) is 2.50. The maximum atomic E-state index is 12.3. The number of hydrogen-bond acceptors (Lipinski definition) is 4. The lowest BCUT2D eigenvalue weighted by atomic mass is 9.89. The molecule has 1 aromatic heterocycles. The highest BCUT2D eigenvalue weighted by atomic mass is 35.5. The number of carbonyl (C=O) groups is 1. The standard InChI is InChI=1S/C15H12Cl2N2O2/c16-13-8-11(14(17)19-18-13)15(20)21-12-7-3-5-9-4-1-2-6-10(9)12/h1-2,4,6,8,12H,3,5,7H2. The van der Waals surface area contributed by atoms with Gasteiger partial charge in [0.25, 0.3) is 0 Å². The lowest BCUT2D eigenvalue weighted by Crippen LogP contribution is -2.17. The number of ether oxygens (including phenoxy) is 1. The second-order valence-electron chi connectivity index (χ2n) is 4.86. The van der Waals surface area contributed by atoms with Gasteiger partial charge in [-0.3, -0.25) is 0 Å². The van der Waals surface area contributed by atoms with Crippen LogP contribution < -0.4 is 0 Å². The molecule has 21 heavy (non-hydrogen) atoms. The van der Waals surface area contributed by atoms with Crippen molar-refractivity contribution in [2.24, 2.45) is 0 Å². The van der Waals surface area contributed by atoms with Gasteiger partial charge in [0.2, 0.25) is 0 Å². The van der Waals surface area contributed by atoms with Crippen LogP contribution in [0.2, 0.25) is 10.3 Å². The second-order valence-corrected chi connectivity index (χ2v) is 5.60. The summed E-state index contributed by atoms with van der Waals surface area (Å²) in [7, 11) is 0. The number of aromatic nitrogens is 2. The van der Waals surface area contributed by atoms with Crippen LogP contribution in [0.15, 0.2) is 30.3 Å². The number of rotatable bonds is 2. The highest BCUT2D eigenvalue weighted by molar-refractivity contribution is 6.33. The zero-order chi connectivity index (χ0) is 14.8. The molecule has 0 saturated heterocycles. The van der Waals surface area contributed by atoms with Gasteiger partial charge >= 0.3 is 5.97 Å². The van der Waals surface area contributed by atoms with Gasteiger partial charge in [0.05, 0.1) is 0 Å². The third-order valence-electron chi connectivity index (χ3n) is 3.50. The number of fused-ring (bicyclic) bond motifs is 1. The largest absolute Gasteiger partial charge is 0.454 e. The summed E-state index contributed by atoms with van der Waals surface area (Å²) in [6.07, 6.45) is 2.53. The Bertz CT molecular complexity index is 691. The summed E-state index contributed by atoms with van der Waals surface area (Å²) < 4.78 is 5.59. The highest BCUT2D eigenvalue weighted by Gasteiger charge is 2.25. The van der Waals surface area contributed by atoms with E-state index in [2.05, 4.69) is 16.3 Å². The van der Waals surface area contributed by atoms with E-state index in [9.17, 15) is 4.79 Å². The van der Waals surface area contributed by atoms with Gasteiger partial charge in [0.1, 0.15) is 11.7 Å². The molecule has 0 N–H and O–H groups in total. The third kappa shape index (κ3) is 3.01. The zero-order valence-electron chi connectivity index (χ0n) is 11.1. The van der Waals surface area contributed by atoms with Crippen molar-refractivity contribution in [3.63, 3.8) is 0 Å². The molecule has 108 valence electrons. The molecule has 1 aliphatic rings. The first-order valence-corrected chi connectivity index (χ1v) is 7.38. The lowest BCUT2D eigenvalue weighted by Gasteiger charge is -2.25. The summed E-state index contributed by atoms with van der Waals surface area (Å²) >= 11 is 11.6. The molecular weight excluding hydrogens is 311 g/mol. The molecule has 2 aromatic rings. The van der Waals surface area contributed by atoms with Gasteiger partial charge in [-0.25, -0.2) is 4.79 Å². The molecular formula is C15H12Cl2N2O2. The minimum atomic E-state index is -0.529. The fourth-order valence-electron chi connectivity index (χ4n) is 2.52. The average molecular weight is 323 g/mol. The number of carbonyl (C=O) groups excluding carboxylic acids is 1. The van der Waals surface area contributed by atoms with Crippen molar-refractivity contribution in [3.8, 4) is 0 Å². The summed E-state index contributed by atoms with van der Waals surface area (Å²) in [5.74, 6) is -0.529. The fraction of sp³-hybridized carbons (Fsp3) is 0.267. The molecule has 1 atom stereocenters. The minimum absolute atomic E-state index is 0.00602. The van der Waals surface area contributed by atoms with Crippen LogP contribution in [-0.4, -0.2) is 16.2 Å². The van der Waals surface area contributed by atoms with Gasteiger partial charge in [-0.15, -0.1) is 10.2 Å². The molecule has 0 aliphatic heterocycles. The Labute approximate surface area is 132 Å². The lowest BCUT2D eigenvalue weighted by molar-refractivity contribution is 0.0256. The van der Waals surface area contributed by atoms with Crippen molar-refractivity contribution in [2.45, 2.75) is 25.4 Å². The Morgan fingerprint density at radius 3 is 2.90 bits per heavy atom. The first-order valence-electron chi connectivity index (χ1n) is 6.62. The van der Waals surface area contributed by atoms with E-state index >= 15 is 0 Å². The smallest absolute Gasteiger partial charge is 0.342 e. The molecule has 3 rings (SSSR count). The maximum Gasteiger partial charge on any atom is 0.342 e. The van der Waals surface area contributed by atoms with Crippen LogP contribution in [0.5, 0.6) is 0 Å². The minimum Gasteiger partial charge on any atom is -0.454 e. The second kappa shape index (κ2) is 6.00. The Balaban J connectivity index is 1.84. The predicted molar refractivity (Wildman–Crippen MR) is 79.6 cm³/mol. The van der Waals surface area contributed by atoms with Crippen molar-refractivity contribution in [2.75, 3.05) is 0 Å². The summed E-state index contributed by atoms with van der Waals surface area (Å²) in [4.78, 5) is 12.3. The molecule has 1 aliphatic carbocycles. The van der Waals surface area contributed by atoms with E-state index in [1.807, 2.05) is 18.2 Å². The molecule has 0 radical (unpaired) electrons. The molecule has 0 saturated carbocycles. The molecule has 0 spiro atoms. The van der Waals surface area contributed by atoms with Crippen LogP contribution in [0.25, 0.3) is 0 Å². The molecule has 0 fully saturated rings. The Morgan fingerprint density at radius 1 is 1.24 bits per heavy atom. The number of esters is 1. The van der Waals surface area contributed by atoms with Crippen LogP contribution in [0.4, 0.5) is 0 Å². The monoisotopic (exact) mass is 322 g/mol. The van der Waals surface area contributed by atoms with E-state index < -0.39 is 5.97 Å². The molecule has 4 nitrogen and oxygen atoms in total. The van der Waals surface area contributed by atoms with Crippen LogP contribution >= 0.6 is 23.2 Å². The van der Waals surface area contributed by atoms with Crippen molar-refractivity contribution in [1.82, 2.24) is 10.2 Å². The van der Waals surface area contributed by atoms with Crippen LogP contribution in [0.3, 0.4) is 0 Å². The number of halogens is 2. The van der Waals surface area contributed by atoms with E-state index in [0.29, 0.717) is 0 Å². The number of nitrogens with zero attached hydrogens (tertiary/aromatic N) is 2. The van der Waals surface area contributed by atoms with Gasteiger partial charge in [-0.2, -0.15) is 0 Å². The third-order valence-corrected chi connectivity index (χ3v) is 3.97. The summed E-state index contributed by atoms with van der Waals surface area (Å²) in [6, 6.07) is 9.36. The Kier molecular flexibility index (Phi) is 4.08.